The molecule has 3 nitrogen and oxygen atoms in total. The number of aryl methyl sites for hydroxylation is 1. The lowest BCUT2D eigenvalue weighted by atomic mass is 9.87. The molecule has 0 radical (unpaired) electrons. The number of aromatic nitrogens is 1. The van der Waals surface area contributed by atoms with Crippen LogP contribution in [0.2, 0.25) is 0 Å². The molecule has 1 aromatic heterocycles. The van der Waals surface area contributed by atoms with E-state index in [0.29, 0.717) is 27.8 Å². The van der Waals surface area contributed by atoms with Crippen LogP contribution in [0.5, 0.6) is 0 Å². The molecule has 3 rings (SSSR count). The second-order valence-electron chi connectivity index (χ2n) is 5.98. The number of hydrogen-bond acceptors (Lipinski definition) is 4. The number of carbonyl (C=O) groups excluding carboxylic acids is 1. The Kier molecular flexibility index (Phi) is 4.78. The van der Waals surface area contributed by atoms with Crippen molar-refractivity contribution in [2.45, 2.75) is 31.2 Å². The highest BCUT2D eigenvalue weighted by Gasteiger charge is 2.19. The first-order valence-electron chi connectivity index (χ1n) is 7.81. The summed E-state index contributed by atoms with van der Waals surface area (Å²) >= 11 is 1.37. The van der Waals surface area contributed by atoms with Crippen molar-refractivity contribution in [1.82, 2.24) is 4.98 Å². The minimum absolute atomic E-state index is 0.0626. The van der Waals surface area contributed by atoms with Gasteiger partial charge in [-0.15, -0.1) is 0 Å². The van der Waals surface area contributed by atoms with Gasteiger partial charge in [0, 0.05) is 11.3 Å². The number of carbonyl (C=O) groups is 1. The summed E-state index contributed by atoms with van der Waals surface area (Å²) in [7, 11) is 0. The number of hydrogen-bond donors (Lipinski definition) is 0. The molecule has 0 saturated carbocycles. The molecule has 0 saturated heterocycles. The summed E-state index contributed by atoms with van der Waals surface area (Å²) in [5, 5.41) is 10.1. The van der Waals surface area contributed by atoms with Gasteiger partial charge in [0.2, 0.25) is 0 Å². The maximum atomic E-state index is 12.2. The number of thioether (sulfide) groups is 1. The van der Waals surface area contributed by atoms with Crippen LogP contribution in [0, 0.1) is 17.2 Å². The normalized spacial score (nSPS) is 16.4. The van der Waals surface area contributed by atoms with Gasteiger partial charge in [-0.1, -0.05) is 49.0 Å². The van der Waals surface area contributed by atoms with Crippen molar-refractivity contribution < 1.29 is 4.79 Å². The number of benzene rings is 1. The lowest BCUT2D eigenvalue weighted by Gasteiger charge is -2.21. The second kappa shape index (κ2) is 6.97. The largest absolute Gasteiger partial charge is 0.293 e. The molecule has 1 aliphatic rings. The molecule has 0 amide bonds. The van der Waals surface area contributed by atoms with Crippen LogP contribution in [0.3, 0.4) is 0 Å². The first-order chi connectivity index (χ1) is 11.2. The monoisotopic (exact) mass is 322 g/mol. The molecular weight excluding hydrogens is 304 g/mol. The molecule has 4 heteroatoms. The minimum atomic E-state index is 0.0626. The van der Waals surface area contributed by atoms with Crippen LogP contribution in [-0.4, -0.2) is 16.5 Å². The fourth-order valence-electron chi connectivity index (χ4n) is 2.86. The molecule has 2 aromatic rings. The predicted octanol–water partition coefficient (Wildman–Crippen LogP) is 4.05. The molecule has 23 heavy (non-hydrogen) atoms. The summed E-state index contributed by atoms with van der Waals surface area (Å²) in [4.78, 5) is 16.9. The lowest BCUT2D eigenvalue weighted by Crippen LogP contribution is -2.14. The maximum absolute atomic E-state index is 12.2. The Morgan fingerprint density at radius 2 is 2.17 bits per heavy atom. The number of nitrogens with zero attached hydrogens (tertiary/aromatic N) is 2. The molecule has 116 valence electrons. The molecule has 1 heterocycles. The summed E-state index contributed by atoms with van der Waals surface area (Å²) < 4.78 is 0. The average molecular weight is 322 g/mol. The zero-order chi connectivity index (χ0) is 16.2. The lowest BCUT2D eigenvalue weighted by molar-refractivity contribution is 0.102. The van der Waals surface area contributed by atoms with Crippen LogP contribution in [0.4, 0.5) is 0 Å². The molecule has 1 unspecified atom stereocenters. The molecule has 1 aliphatic carbocycles. The van der Waals surface area contributed by atoms with E-state index in [2.05, 4.69) is 18.0 Å². The minimum Gasteiger partial charge on any atom is -0.293 e. The van der Waals surface area contributed by atoms with Crippen LogP contribution in [0.15, 0.2) is 41.4 Å². The third-order valence-corrected chi connectivity index (χ3v) is 5.15. The third-order valence-electron chi connectivity index (χ3n) is 4.15. The number of nitriles is 1. The first-order valence-corrected chi connectivity index (χ1v) is 8.80. The fourth-order valence-corrected chi connectivity index (χ4v) is 3.73. The molecule has 0 aliphatic heterocycles. The summed E-state index contributed by atoms with van der Waals surface area (Å²) in [6.45, 7) is 2.23. The van der Waals surface area contributed by atoms with E-state index in [0.717, 1.165) is 25.0 Å². The van der Waals surface area contributed by atoms with Crippen LogP contribution < -0.4 is 0 Å². The average Bonchev–Trinajstić information content (AvgIpc) is 2.59. The van der Waals surface area contributed by atoms with Crippen molar-refractivity contribution in [1.29, 1.82) is 5.26 Å². The zero-order valence-corrected chi connectivity index (χ0v) is 13.9. The van der Waals surface area contributed by atoms with E-state index in [4.69, 9.17) is 0 Å². The summed E-state index contributed by atoms with van der Waals surface area (Å²) in [5.41, 5.74) is 3.57. The van der Waals surface area contributed by atoms with Gasteiger partial charge in [0.1, 0.15) is 11.1 Å². The number of Topliss-reactive ketones (excluding diaryl/α,β-unsaturated/α-hetero) is 1. The fraction of sp³-hybridized carbons (Fsp3) is 0.316. The van der Waals surface area contributed by atoms with E-state index in [1.165, 1.54) is 17.3 Å². The van der Waals surface area contributed by atoms with Crippen LogP contribution in [-0.2, 0) is 12.8 Å². The third kappa shape index (κ3) is 3.62. The maximum Gasteiger partial charge on any atom is 0.173 e. The zero-order valence-electron chi connectivity index (χ0n) is 13.1. The predicted molar refractivity (Wildman–Crippen MR) is 91.6 cm³/mol. The van der Waals surface area contributed by atoms with E-state index in [9.17, 15) is 10.1 Å². The van der Waals surface area contributed by atoms with E-state index in [-0.39, 0.29) is 5.78 Å². The highest BCUT2D eigenvalue weighted by molar-refractivity contribution is 8.00. The van der Waals surface area contributed by atoms with E-state index in [1.807, 2.05) is 36.4 Å². The Labute approximate surface area is 140 Å². The van der Waals surface area contributed by atoms with Gasteiger partial charge in [0.05, 0.1) is 11.3 Å². The van der Waals surface area contributed by atoms with Gasteiger partial charge in [-0.05, 0) is 36.8 Å². The van der Waals surface area contributed by atoms with Crippen molar-refractivity contribution in [3.63, 3.8) is 0 Å². The van der Waals surface area contributed by atoms with Crippen molar-refractivity contribution in [2.75, 3.05) is 5.75 Å². The van der Waals surface area contributed by atoms with Gasteiger partial charge in [0.15, 0.2) is 5.78 Å². The second-order valence-corrected chi connectivity index (χ2v) is 6.95. The van der Waals surface area contributed by atoms with E-state index in [1.54, 1.807) is 0 Å². The Morgan fingerprint density at radius 1 is 1.39 bits per heavy atom. The highest BCUT2D eigenvalue weighted by atomic mass is 32.2. The number of rotatable bonds is 4. The van der Waals surface area contributed by atoms with Gasteiger partial charge in [-0.3, -0.25) is 4.79 Å². The number of fused-ring (bicyclic) bond motifs is 1. The Bertz CT molecular complexity index is 765. The SMILES string of the molecule is CC1CCc2nc(SCC(=O)c3ccccc3)c(C#N)cc2C1. The first kappa shape index (κ1) is 15.8. The van der Waals surface area contributed by atoms with Crippen molar-refractivity contribution >= 4 is 17.5 Å². The quantitative estimate of drug-likeness (QED) is 0.629. The summed E-state index contributed by atoms with van der Waals surface area (Å²) in [6.07, 6.45) is 3.09. The standard InChI is InChI=1S/C19H18N2OS/c1-13-7-8-17-15(9-13)10-16(11-20)19(21-17)23-12-18(22)14-5-3-2-4-6-14/h2-6,10,13H,7-9,12H2,1H3. The van der Waals surface area contributed by atoms with Crippen molar-refractivity contribution in [3.05, 3.63) is 58.8 Å². The molecule has 0 fully saturated rings. The summed E-state index contributed by atoms with van der Waals surface area (Å²) in [5.74, 6) is 1.02. The Morgan fingerprint density at radius 3 is 2.91 bits per heavy atom. The van der Waals surface area contributed by atoms with Gasteiger partial charge in [-0.2, -0.15) is 5.26 Å². The Hall–Kier alpha value is -2.12. The van der Waals surface area contributed by atoms with Gasteiger partial charge in [-0.25, -0.2) is 4.98 Å². The number of pyridine rings is 1. The molecule has 0 N–H and O–H groups in total. The van der Waals surface area contributed by atoms with Crippen LogP contribution in [0.25, 0.3) is 0 Å². The molecule has 1 aromatic carbocycles. The Balaban J connectivity index is 1.78. The molecule has 1 atom stereocenters. The van der Waals surface area contributed by atoms with Gasteiger partial charge < -0.3 is 0 Å². The summed E-state index contributed by atoms with van der Waals surface area (Å²) in [6, 6.07) is 13.4. The topological polar surface area (TPSA) is 53.8 Å². The van der Waals surface area contributed by atoms with Crippen LogP contribution >= 0.6 is 11.8 Å². The van der Waals surface area contributed by atoms with Gasteiger partial charge in [0.25, 0.3) is 0 Å². The van der Waals surface area contributed by atoms with E-state index >= 15 is 0 Å². The number of ketones is 1. The van der Waals surface area contributed by atoms with Gasteiger partial charge >= 0.3 is 0 Å². The van der Waals surface area contributed by atoms with Crippen molar-refractivity contribution in [2.24, 2.45) is 5.92 Å². The molecule has 0 bridgehead atoms. The van der Waals surface area contributed by atoms with E-state index < -0.39 is 0 Å². The van der Waals surface area contributed by atoms with Crippen LogP contribution in [0.1, 0.15) is 40.5 Å². The highest BCUT2D eigenvalue weighted by Crippen LogP contribution is 2.29. The van der Waals surface area contributed by atoms with Crippen molar-refractivity contribution in [3.8, 4) is 6.07 Å². The molecular formula is C19H18N2OS. The molecule has 0 spiro atoms. The smallest absolute Gasteiger partial charge is 0.173 e.